The predicted molar refractivity (Wildman–Crippen MR) is 73.8 cm³/mol. The molecule has 0 saturated carbocycles. The highest BCUT2D eigenvalue weighted by molar-refractivity contribution is 7.09. The lowest BCUT2D eigenvalue weighted by Crippen LogP contribution is -2.57. The van der Waals surface area contributed by atoms with E-state index in [2.05, 4.69) is 10.3 Å². The molecule has 9 heteroatoms. The van der Waals surface area contributed by atoms with Crippen LogP contribution in [0.15, 0.2) is 5.38 Å². The number of hydrogen-bond acceptors (Lipinski definition) is 5. The number of ether oxygens (including phenoxy) is 1. The van der Waals surface area contributed by atoms with Crippen LogP contribution in [0.5, 0.6) is 0 Å². The summed E-state index contributed by atoms with van der Waals surface area (Å²) < 4.78 is 43.6. The molecular formula is C13H16F3N3O2S. The summed E-state index contributed by atoms with van der Waals surface area (Å²) >= 11 is 0.451. The van der Waals surface area contributed by atoms with Crippen LogP contribution in [0.4, 0.5) is 13.2 Å². The van der Waals surface area contributed by atoms with Crippen molar-refractivity contribution in [2.45, 2.75) is 24.6 Å². The monoisotopic (exact) mass is 335 g/mol. The number of nitrogens with zero attached hydrogens (tertiary/aromatic N) is 2. The number of halogens is 3. The van der Waals surface area contributed by atoms with Crippen LogP contribution in [-0.4, -0.2) is 54.2 Å². The lowest BCUT2D eigenvalue weighted by molar-refractivity contribution is -0.137. The molecule has 22 heavy (non-hydrogen) atoms. The molecule has 2 saturated heterocycles. The van der Waals surface area contributed by atoms with Gasteiger partial charge in [0.2, 0.25) is 0 Å². The first-order valence-corrected chi connectivity index (χ1v) is 7.94. The summed E-state index contributed by atoms with van der Waals surface area (Å²) in [6, 6.07) is 0. The van der Waals surface area contributed by atoms with Gasteiger partial charge >= 0.3 is 6.18 Å². The van der Waals surface area contributed by atoms with Gasteiger partial charge < -0.3 is 15.0 Å². The Kier molecular flexibility index (Phi) is 4.13. The van der Waals surface area contributed by atoms with Crippen LogP contribution in [0.2, 0.25) is 0 Å². The Morgan fingerprint density at radius 3 is 2.77 bits per heavy atom. The van der Waals surface area contributed by atoms with Gasteiger partial charge in [0.15, 0.2) is 5.01 Å². The zero-order valence-electron chi connectivity index (χ0n) is 11.8. The van der Waals surface area contributed by atoms with Gasteiger partial charge in [0.1, 0.15) is 5.69 Å². The van der Waals surface area contributed by atoms with Crippen LogP contribution in [0, 0.1) is 0 Å². The number of carbonyl (C=O) groups is 1. The van der Waals surface area contributed by atoms with Gasteiger partial charge in [-0.25, -0.2) is 4.98 Å². The predicted octanol–water partition coefficient (Wildman–Crippen LogP) is 1.76. The van der Waals surface area contributed by atoms with Gasteiger partial charge in [-0.2, -0.15) is 13.2 Å². The maximum Gasteiger partial charge on any atom is 0.443 e. The molecule has 3 heterocycles. The number of rotatable bonds is 1. The average molecular weight is 335 g/mol. The van der Waals surface area contributed by atoms with Gasteiger partial charge in [-0.3, -0.25) is 4.79 Å². The lowest BCUT2D eigenvalue weighted by Gasteiger charge is -2.44. The zero-order valence-corrected chi connectivity index (χ0v) is 12.6. The third-order valence-corrected chi connectivity index (χ3v) is 4.90. The summed E-state index contributed by atoms with van der Waals surface area (Å²) in [7, 11) is 0. The minimum atomic E-state index is -4.51. The fourth-order valence-corrected chi connectivity index (χ4v) is 3.53. The molecule has 1 aromatic heterocycles. The van der Waals surface area contributed by atoms with E-state index in [0.717, 1.165) is 25.9 Å². The van der Waals surface area contributed by atoms with Crippen molar-refractivity contribution in [1.29, 1.82) is 0 Å². The number of amides is 1. The van der Waals surface area contributed by atoms with Crippen LogP contribution in [0.3, 0.4) is 0 Å². The van der Waals surface area contributed by atoms with Gasteiger partial charge in [0.25, 0.3) is 5.91 Å². The van der Waals surface area contributed by atoms with Crippen LogP contribution < -0.4 is 5.32 Å². The molecule has 122 valence electrons. The fraction of sp³-hybridized carbons (Fsp3) is 0.692. The molecule has 0 aromatic carbocycles. The number of hydrogen-bond donors (Lipinski definition) is 1. The van der Waals surface area contributed by atoms with Crippen molar-refractivity contribution in [2.24, 2.45) is 0 Å². The van der Waals surface area contributed by atoms with Crippen LogP contribution in [0.1, 0.15) is 28.3 Å². The Balaban J connectivity index is 1.73. The number of nitrogens with one attached hydrogen (secondary N) is 1. The van der Waals surface area contributed by atoms with Crippen LogP contribution >= 0.6 is 11.3 Å². The quantitative estimate of drug-likeness (QED) is 0.850. The van der Waals surface area contributed by atoms with E-state index >= 15 is 0 Å². The second-order valence-electron chi connectivity index (χ2n) is 5.54. The van der Waals surface area contributed by atoms with Gasteiger partial charge in [-0.15, -0.1) is 11.3 Å². The molecule has 1 spiro atoms. The van der Waals surface area contributed by atoms with Crippen molar-refractivity contribution in [3.8, 4) is 0 Å². The molecule has 5 nitrogen and oxygen atoms in total. The van der Waals surface area contributed by atoms with Crippen molar-refractivity contribution in [3.05, 3.63) is 16.1 Å². The zero-order chi connectivity index (χ0) is 15.8. The Morgan fingerprint density at radius 1 is 1.41 bits per heavy atom. The van der Waals surface area contributed by atoms with E-state index in [1.165, 1.54) is 5.38 Å². The van der Waals surface area contributed by atoms with Gasteiger partial charge in [0.05, 0.1) is 18.8 Å². The Bertz CT molecular complexity index is 549. The summed E-state index contributed by atoms with van der Waals surface area (Å²) in [5, 5.41) is 3.42. The topological polar surface area (TPSA) is 54.5 Å². The van der Waals surface area contributed by atoms with Crippen molar-refractivity contribution in [3.63, 3.8) is 0 Å². The normalized spacial score (nSPS) is 22.0. The molecule has 1 aromatic rings. The van der Waals surface area contributed by atoms with E-state index in [9.17, 15) is 18.0 Å². The van der Waals surface area contributed by atoms with Crippen molar-refractivity contribution < 1.29 is 22.7 Å². The first kappa shape index (κ1) is 15.7. The van der Waals surface area contributed by atoms with E-state index in [4.69, 9.17) is 4.74 Å². The largest absolute Gasteiger partial charge is 0.443 e. The second kappa shape index (κ2) is 5.78. The summed E-state index contributed by atoms with van der Waals surface area (Å²) in [5.74, 6) is -0.451. The maximum absolute atomic E-state index is 12.6. The smallest absolute Gasteiger partial charge is 0.371 e. The summed E-state index contributed by atoms with van der Waals surface area (Å²) in [6.45, 7) is 2.83. The molecule has 0 aliphatic carbocycles. The summed E-state index contributed by atoms with van der Waals surface area (Å²) in [5.41, 5.74) is -0.509. The standard InChI is InChI=1S/C13H16F3N3O2S/c14-13(15,16)11-18-9(7-22-11)10(20)19-5-6-21-12(8-19)1-3-17-4-2-12/h7,17H,1-6,8H2. The molecule has 3 rings (SSSR count). The van der Waals surface area contributed by atoms with E-state index in [1.54, 1.807) is 4.90 Å². The van der Waals surface area contributed by atoms with Crippen LogP contribution in [0.25, 0.3) is 0 Å². The minimum absolute atomic E-state index is 0.136. The van der Waals surface area contributed by atoms with E-state index < -0.39 is 17.1 Å². The Labute approximate surface area is 129 Å². The molecule has 2 fully saturated rings. The Morgan fingerprint density at radius 2 is 2.14 bits per heavy atom. The number of aromatic nitrogens is 1. The molecule has 0 atom stereocenters. The van der Waals surface area contributed by atoms with Gasteiger partial charge in [-0.1, -0.05) is 0 Å². The molecule has 2 aliphatic heterocycles. The van der Waals surface area contributed by atoms with Gasteiger partial charge in [0, 0.05) is 11.9 Å². The maximum atomic E-state index is 12.6. The number of alkyl halides is 3. The Hall–Kier alpha value is -1.19. The fourth-order valence-electron chi connectivity index (χ4n) is 2.87. The molecule has 1 amide bonds. The van der Waals surface area contributed by atoms with Crippen LogP contribution in [-0.2, 0) is 10.9 Å². The molecular weight excluding hydrogens is 319 g/mol. The lowest BCUT2D eigenvalue weighted by atomic mass is 9.90. The summed E-state index contributed by atoms with van der Waals surface area (Å²) in [4.78, 5) is 17.4. The van der Waals surface area contributed by atoms with E-state index in [0.29, 0.717) is 31.0 Å². The highest BCUT2D eigenvalue weighted by Gasteiger charge is 2.40. The first-order chi connectivity index (χ1) is 10.4. The summed E-state index contributed by atoms with van der Waals surface area (Å²) in [6.07, 6.45) is -2.92. The number of thiazole rings is 1. The second-order valence-corrected chi connectivity index (χ2v) is 6.40. The molecule has 1 N–H and O–H groups in total. The molecule has 0 bridgehead atoms. The third kappa shape index (κ3) is 3.11. The van der Waals surface area contributed by atoms with Gasteiger partial charge in [-0.05, 0) is 25.9 Å². The number of piperidine rings is 1. The molecule has 2 aliphatic rings. The SMILES string of the molecule is O=C(c1csc(C(F)(F)F)n1)N1CCOC2(CCNCC2)C1. The third-order valence-electron chi connectivity index (χ3n) is 4.02. The molecule has 0 unspecified atom stereocenters. The minimum Gasteiger partial charge on any atom is -0.371 e. The van der Waals surface area contributed by atoms with Crippen molar-refractivity contribution in [2.75, 3.05) is 32.8 Å². The number of carbonyl (C=O) groups excluding carboxylic acids is 1. The first-order valence-electron chi connectivity index (χ1n) is 7.06. The van der Waals surface area contributed by atoms with E-state index in [-0.39, 0.29) is 11.3 Å². The van der Waals surface area contributed by atoms with Crippen molar-refractivity contribution in [1.82, 2.24) is 15.2 Å². The van der Waals surface area contributed by atoms with E-state index in [1.807, 2.05) is 0 Å². The highest BCUT2D eigenvalue weighted by atomic mass is 32.1. The highest BCUT2D eigenvalue weighted by Crippen LogP contribution is 2.33. The average Bonchev–Trinajstić information content (AvgIpc) is 2.97. The molecule has 0 radical (unpaired) electrons. The van der Waals surface area contributed by atoms with Crippen molar-refractivity contribution >= 4 is 17.2 Å². The number of morpholine rings is 1.